The first-order valence-electron chi connectivity index (χ1n) is 4.19. The minimum absolute atomic E-state index is 0.0974. The van der Waals surface area contributed by atoms with Crippen LogP contribution < -0.4 is 5.56 Å². The monoisotopic (exact) mass is 176 g/mol. The Kier molecular flexibility index (Phi) is 2.52. The summed E-state index contributed by atoms with van der Waals surface area (Å²) in [5.41, 5.74) is 0.790. The van der Waals surface area contributed by atoms with Crippen molar-refractivity contribution in [2.75, 3.05) is 0 Å². The van der Waals surface area contributed by atoms with Crippen molar-refractivity contribution in [2.24, 2.45) is 0 Å². The van der Waals surface area contributed by atoms with Gasteiger partial charge < -0.3 is 4.57 Å². The number of rotatable bonds is 1. The zero-order valence-electron chi connectivity index (χ0n) is 8.03. The Hall–Kier alpha value is -1.56. The number of aryl methyl sites for hydroxylation is 1. The maximum atomic E-state index is 11.6. The molecule has 0 aliphatic rings. The predicted octanol–water partition coefficient (Wildman–Crippen LogP) is 1.61. The molecule has 1 heterocycles. The quantitative estimate of drug-likeness (QED) is 0.652. The van der Waals surface area contributed by atoms with Gasteiger partial charge in [0.15, 0.2) is 0 Å². The zero-order chi connectivity index (χ0) is 10.0. The molecule has 0 spiro atoms. The van der Waals surface area contributed by atoms with Gasteiger partial charge in [0.05, 0.1) is 0 Å². The predicted molar refractivity (Wildman–Crippen MR) is 50.5 cm³/mol. The van der Waals surface area contributed by atoms with Crippen molar-refractivity contribution in [3.63, 3.8) is 0 Å². The lowest BCUT2D eigenvalue weighted by atomic mass is 10.1. The third-order valence-electron chi connectivity index (χ3n) is 2.00. The van der Waals surface area contributed by atoms with Crippen LogP contribution in [0.15, 0.2) is 17.1 Å². The lowest BCUT2D eigenvalue weighted by Gasteiger charge is -2.10. The summed E-state index contributed by atoms with van der Waals surface area (Å²) in [7, 11) is 0. The second-order valence-electron chi connectivity index (χ2n) is 3.29. The van der Waals surface area contributed by atoms with Gasteiger partial charge >= 0.3 is 0 Å². The van der Waals surface area contributed by atoms with Crippen LogP contribution in [0.3, 0.4) is 0 Å². The average molecular weight is 176 g/mol. The van der Waals surface area contributed by atoms with Gasteiger partial charge in [0, 0.05) is 12.2 Å². The fourth-order valence-electron chi connectivity index (χ4n) is 1.18. The van der Waals surface area contributed by atoms with Gasteiger partial charge in [-0.25, -0.2) is 0 Å². The molecule has 0 fully saturated rings. The molecule has 0 amide bonds. The number of hydrogen-bond donors (Lipinski definition) is 0. The number of nitriles is 1. The SMILES string of the molecule is Cc1ccn(C(C)C)c(=O)c1C#N. The summed E-state index contributed by atoms with van der Waals surface area (Å²) >= 11 is 0. The van der Waals surface area contributed by atoms with E-state index in [1.165, 1.54) is 0 Å². The van der Waals surface area contributed by atoms with Crippen LogP contribution in [0, 0.1) is 18.3 Å². The lowest BCUT2D eigenvalue weighted by Crippen LogP contribution is -2.24. The van der Waals surface area contributed by atoms with E-state index < -0.39 is 0 Å². The molecular formula is C10H12N2O. The molecule has 3 heteroatoms. The van der Waals surface area contributed by atoms with E-state index in [1.54, 1.807) is 23.8 Å². The molecule has 13 heavy (non-hydrogen) atoms. The summed E-state index contributed by atoms with van der Waals surface area (Å²) in [6, 6.07) is 3.81. The van der Waals surface area contributed by atoms with E-state index in [0.29, 0.717) is 0 Å². The molecule has 0 N–H and O–H groups in total. The van der Waals surface area contributed by atoms with Crippen molar-refractivity contribution in [1.82, 2.24) is 4.57 Å². The van der Waals surface area contributed by atoms with Gasteiger partial charge in [0.1, 0.15) is 11.6 Å². The largest absolute Gasteiger partial charge is 0.312 e. The van der Waals surface area contributed by atoms with Crippen molar-refractivity contribution in [3.8, 4) is 6.07 Å². The van der Waals surface area contributed by atoms with Crippen LogP contribution in [-0.2, 0) is 0 Å². The third-order valence-corrected chi connectivity index (χ3v) is 2.00. The molecule has 0 aliphatic heterocycles. The van der Waals surface area contributed by atoms with Gasteiger partial charge in [-0.05, 0) is 32.4 Å². The van der Waals surface area contributed by atoms with Gasteiger partial charge in [-0.1, -0.05) is 0 Å². The first-order chi connectivity index (χ1) is 6.07. The Balaban J connectivity index is 3.48. The Labute approximate surface area is 77.2 Å². The molecule has 3 nitrogen and oxygen atoms in total. The molecule has 1 rings (SSSR count). The van der Waals surface area contributed by atoms with E-state index in [2.05, 4.69) is 0 Å². The minimum Gasteiger partial charge on any atom is -0.312 e. The maximum Gasteiger partial charge on any atom is 0.268 e. The molecular weight excluding hydrogens is 164 g/mol. The molecule has 0 saturated carbocycles. The van der Waals surface area contributed by atoms with Gasteiger partial charge in [0.2, 0.25) is 0 Å². The van der Waals surface area contributed by atoms with Crippen molar-refractivity contribution >= 4 is 0 Å². The first kappa shape index (κ1) is 9.53. The topological polar surface area (TPSA) is 45.8 Å². The van der Waals surface area contributed by atoms with Crippen LogP contribution in [-0.4, -0.2) is 4.57 Å². The average Bonchev–Trinajstić information content (AvgIpc) is 2.04. The molecule has 0 saturated heterocycles. The fraction of sp³-hybridized carbons (Fsp3) is 0.400. The first-order valence-corrected chi connectivity index (χ1v) is 4.19. The molecule has 0 unspecified atom stereocenters. The second kappa shape index (κ2) is 3.44. The normalized spacial score (nSPS) is 10.1. The molecule has 0 bridgehead atoms. The second-order valence-corrected chi connectivity index (χ2v) is 3.29. The number of pyridine rings is 1. The highest BCUT2D eigenvalue weighted by Crippen LogP contribution is 2.04. The van der Waals surface area contributed by atoms with Crippen LogP contribution in [0.2, 0.25) is 0 Å². The summed E-state index contributed by atoms with van der Waals surface area (Å²) in [5, 5.41) is 8.74. The Morgan fingerprint density at radius 3 is 2.62 bits per heavy atom. The van der Waals surface area contributed by atoms with E-state index in [4.69, 9.17) is 5.26 Å². The van der Waals surface area contributed by atoms with Crippen molar-refractivity contribution in [2.45, 2.75) is 26.8 Å². The summed E-state index contributed by atoms with van der Waals surface area (Å²) in [5.74, 6) is 0. The van der Waals surface area contributed by atoms with Crippen LogP contribution in [0.4, 0.5) is 0 Å². The van der Waals surface area contributed by atoms with Crippen molar-refractivity contribution in [1.29, 1.82) is 5.26 Å². The van der Waals surface area contributed by atoms with Crippen LogP contribution in [0.5, 0.6) is 0 Å². The summed E-state index contributed by atoms with van der Waals surface area (Å²) < 4.78 is 1.56. The Morgan fingerprint density at radius 1 is 1.54 bits per heavy atom. The summed E-state index contributed by atoms with van der Waals surface area (Å²) in [6.07, 6.45) is 1.73. The summed E-state index contributed by atoms with van der Waals surface area (Å²) in [4.78, 5) is 11.6. The lowest BCUT2D eigenvalue weighted by molar-refractivity contribution is 0.576. The van der Waals surface area contributed by atoms with E-state index in [0.717, 1.165) is 5.56 Å². The molecule has 0 aromatic carbocycles. The molecule has 0 atom stereocenters. The number of hydrogen-bond acceptors (Lipinski definition) is 2. The third kappa shape index (κ3) is 1.62. The molecule has 0 radical (unpaired) electrons. The minimum atomic E-state index is -0.197. The highest BCUT2D eigenvalue weighted by atomic mass is 16.1. The standard InChI is InChI=1S/C10H12N2O/c1-7(2)12-5-4-8(3)9(6-11)10(12)13/h4-5,7H,1-3H3. The number of nitrogens with zero attached hydrogens (tertiary/aromatic N) is 2. The zero-order valence-corrected chi connectivity index (χ0v) is 8.03. The van der Waals surface area contributed by atoms with Crippen molar-refractivity contribution in [3.05, 3.63) is 33.7 Å². The highest BCUT2D eigenvalue weighted by molar-refractivity contribution is 5.34. The van der Waals surface area contributed by atoms with Gasteiger partial charge in [0.25, 0.3) is 5.56 Å². The maximum absolute atomic E-state index is 11.6. The van der Waals surface area contributed by atoms with Gasteiger partial charge in [-0.2, -0.15) is 5.26 Å². The van der Waals surface area contributed by atoms with Crippen LogP contribution in [0.25, 0.3) is 0 Å². The van der Waals surface area contributed by atoms with Crippen LogP contribution >= 0.6 is 0 Å². The van der Waals surface area contributed by atoms with E-state index in [-0.39, 0.29) is 17.2 Å². The van der Waals surface area contributed by atoms with E-state index in [1.807, 2.05) is 19.9 Å². The van der Waals surface area contributed by atoms with Gasteiger partial charge in [-0.15, -0.1) is 0 Å². The highest BCUT2D eigenvalue weighted by Gasteiger charge is 2.07. The smallest absolute Gasteiger partial charge is 0.268 e. The molecule has 1 aromatic heterocycles. The van der Waals surface area contributed by atoms with E-state index >= 15 is 0 Å². The molecule has 1 aromatic rings. The summed E-state index contributed by atoms with van der Waals surface area (Å²) in [6.45, 7) is 5.60. The Bertz CT molecular complexity index is 410. The molecule has 0 aliphatic carbocycles. The van der Waals surface area contributed by atoms with Crippen LogP contribution in [0.1, 0.15) is 31.0 Å². The Morgan fingerprint density at radius 2 is 2.15 bits per heavy atom. The van der Waals surface area contributed by atoms with Crippen molar-refractivity contribution < 1.29 is 0 Å². The van der Waals surface area contributed by atoms with Gasteiger partial charge in [-0.3, -0.25) is 4.79 Å². The van der Waals surface area contributed by atoms with E-state index in [9.17, 15) is 4.79 Å². The number of aromatic nitrogens is 1. The molecule has 68 valence electrons. The fourth-order valence-corrected chi connectivity index (χ4v) is 1.18.